The van der Waals surface area contributed by atoms with Crippen molar-refractivity contribution < 1.29 is 76.1 Å². The Morgan fingerprint density at radius 3 is 1.15 bits per heavy atom. The first-order chi connectivity index (χ1) is 62.9. The van der Waals surface area contributed by atoms with Crippen LogP contribution in [0.4, 0.5) is 17.3 Å². The number of Topliss-reactive ketones (excluding diaryl/α,β-unsaturated/α-hetero) is 2. The number of fused-ring (bicyclic) bond motifs is 4. The molecule has 4 saturated heterocycles. The predicted octanol–water partition coefficient (Wildman–Crippen LogP) is 16.7. The number of aryl methyl sites for hydroxylation is 2. The number of esters is 2. The van der Waals surface area contributed by atoms with Crippen molar-refractivity contribution in [3.63, 3.8) is 0 Å². The molecule has 0 bridgehead atoms. The van der Waals surface area contributed by atoms with Crippen LogP contribution in [-0.2, 0) is 58.4 Å². The van der Waals surface area contributed by atoms with Crippen LogP contribution < -0.4 is 35.7 Å². The number of rotatable bonds is 24. The molecule has 16 rings (SSSR count). The predicted molar refractivity (Wildman–Crippen MR) is 517 cm³/mol. The summed E-state index contributed by atoms with van der Waals surface area (Å²) < 4.78 is 57.2. The van der Waals surface area contributed by atoms with E-state index in [4.69, 9.17) is 89.3 Å². The first kappa shape index (κ1) is 100. The average molecular weight is 1870 g/mol. The van der Waals surface area contributed by atoms with E-state index in [0.29, 0.717) is 70.4 Å². The number of methoxy groups -OCH3 is 2. The monoisotopic (exact) mass is 1870 g/mol. The van der Waals surface area contributed by atoms with Crippen LogP contribution >= 0.6 is 46.4 Å². The largest absolute Gasteiger partial charge is 0.492 e. The summed E-state index contributed by atoms with van der Waals surface area (Å²) in [6.07, 6.45) is 0. The van der Waals surface area contributed by atoms with Crippen molar-refractivity contribution in [2.45, 2.75) is 66.2 Å². The fourth-order valence-corrected chi connectivity index (χ4v) is 15.0. The molecular weight excluding hydrogens is 1750 g/mol. The summed E-state index contributed by atoms with van der Waals surface area (Å²) in [4.78, 5) is 79.6. The molecule has 694 valence electrons. The molecule has 2 aromatic heterocycles. The number of nitrogens with one attached hydrogen (secondary N) is 1. The lowest BCUT2D eigenvalue weighted by molar-refractivity contribution is -0.148. The van der Waals surface area contributed by atoms with Gasteiger partial charge in [-0.15, -0.1) is 0 Å². The number of carbonyl (C=O) groups is 6. The Labute approximate surface area is 784 Å². The van der Waals surface area contributed by atoms with E-state index < -0.39 is 34.7 Å². The molecular formula is C100H115Cl4N11O16. The fourth-order valence-electron chi connectivity index (χ4n) is 14.4. The molecule has 5 N–H and O–H groups in total. The van der Waals surface area contributed by atoms with Gasteiger partial charge in [0.25, 0.3) is 17.5 Å². The number of carbonyl (C=O) groups excluding carboxylic acids is 6. The summed E-state index contributed by atoms with van der Waals surface area (Å²) in [5.74, 6) is 0.144. The second kappa shape index (κ2) is 48.7. The second-order valence-corrected chi connectivity index (χ2v) is 35.1. The molecule has 31 heteroatoms. The van der Waals surface area contributed by atoms with Crippen LogP contribution in [0.5, 0.6) is 23.0 Å². The maximum atomic E-state index is 13.6. The number of nitrogen functional groups attached to an aromatic ring is 2. The molecule has 10 aromatic carbocycles. The van der Waals surface area contributed by atoms with Crippen molar-refractivity contribution in [2.24, 2.45) is 0 Å². The number of anilines is 3. The first-order valence-electron chi connectivity index (χ1n) is 43.4. The molecule has 0 spiro atoms. The molecule has 4 fully saturated rings. The van der Waals surface area contributed by atoms with E-state index in [9.17, 15) is 28.8 Å². The number of ketones is 2. The van der Waals surface area contributed by atoms with Gasteiger partial charge < -0.3 is 64.2 Å². The molecule has 12 aromatic rings. The van der Waals surface area contributed by atoms with E-state index >= 15 is 0 Å². The topological polar surface area (TPSA) is 307 Å². The number of nitrogens with two attached hydrogens (primary N) is 2. The van der Waals surface area contributed by atoms with Crippen LogP contribution in [0.25, 0.3) is 54.5 Å². The SMILES string of the molecule is COC(=O)C(=O)Cl.COC(=O)C(=O)c1ccc(OCCN2CCOCC2)c2ccc(Cl)cc12.Cc1ccc(-n2nc(C(C)(C)C)cc2N)cc1.Cc1ccc(-n2nc(C(C)(C)C)cc2NC(=O)C(=O)c2ccc(OCCN3CCOCC3)c3ccc(Cl)cc23)cc1.Clc1ccc2c(OCCN3CCOCC3)cccc2c1.Nc1ccc2c(OCCN3CCOCC3)cccc2c1. The van der Waals surface area contributed by atoms with Crippen molar-refractivity contribution in [3.8, 4) is 34.4 Å². The molecule has 1 amide bonds. The van der Waals surface area contributed by atoms with Crippen LogP contribution in [-0.4, -0.2) is 246 Å². The highest BCUT2D eigenvalue weighted by Gasteiger charge is 2.28. The smallest absolute Gasteiger partial charge is 0.391 e. The first-order valence-corrected chi connectivity index (χ1v) is 44.9. The molecule has 0 atom stereocenters. The van der Waals surface area contributed by atoms with Crippen molar-refractivity contribution in [2.75, 3.05) is 189 Å². The van der Waals surface area contributed by atoms with E-state index in [0.717, 1.165) is 221 Å². The quantitative estimate of drug-likeness (QED) is 0.0166. The Balaban J connectivity index is 0.000000161. The number of aromatic nitrogens is 4. The van der Waals surface area contributed by atoms with Crippen LogP contribution in [0.3, 0.4) is 0 Å². The molecule has 0 radical (unpaired) electrons. The third-order valence-corrected chi connectivity index (χ3v) is 22.7. The lowest BCUT2D eigenvalue weighted by atomic mass is 9.92. The number of halogens is 4. The molecule has 0 unspecified atom stereocenters. The zero-order chi connectivity index (χ0) is 93.7. The normalized spacial score (nSPS) is 14.4. The number of nitrogens with zero attached hydrogens (tertiary/aromatic N) is 8. The van der Waals surface area contributed by atoms with E-state index in [1.54, 1.807) is 64.0 Å². The van der Waals surface area contributed by atoms with Gasteiger partial charge >= 0.3 is 17.2 Å². The minimum atomic E-state index is -1.09. The number of benzene rings is 10. The third-order valence-electron chi connectivity index (χ3n) is 21.8. The third kappa shape index (κ3) is 29.4. The van der Waals surface area contributed by atoms with E-state index in [2.05, 4.69) is 103 Å². The zero-order valence-corrected chi connectivity index (χ0v) is 78.7. The Bertz CT molecular complexity index is 5750. The molecule has 6 heterocycles. The highest BCUT2D eigenvalue weighted by atomic mass is 35.5. The number of ether oxygens (including phenoxy) is 10. The van der Waals surface area contributed by atoms with Crippen LogP contribution in [0.1, 0.15) is 84.8 Å². The lowest BCUT2D eigenvalue weighted by Crippen LogP contribution is -2.38. The van der Waals surface area contributed by atoms with Gasteiger partial charge in [0, 0.05) is 155 Å². The number of hydrogen-bond donors (Lipinski definition) is 3. The van der Waals surface area contributed by atoms with Crippen molar-refractivity contribution in [1.82, 2.24) is 39.2 Å². The van der Waals surface area contributed by atoms with Crippen molar-refractivity contribution in [3.05, 3.63) is 243 Å². The van der Waals surface area contributed by atoms with Gasteiger partial charge in [-0.3, -0.25) is 38.8 Å². The average Bonchev–Trinajstić information content (AvgIpc) is 1.77. The van der Waals surface area contributed by atoms with E-state index in [1.807, 2.05) is 143 Å². The lowest BCUT2D eigenvalue weighted by Gasteiger charge is -2.26. The van der Waals surface area contributed by atoms with Crippen LogP contribution in [0, 0.1) is 13.8 Å². The molecule has 4 aliphatic heterocycles. The molecule has 4 aliphatic rings. The molecule has 0 aliphatic carbocycles. The van der Waals surface area contributed by atoms with Gasteiger partial charge in [0.1, 0.15) is 61.1 Å². The zero-order valence-electron chi connectivity index (χ0n) is 75.7. The maximum absolute atomic E-state index is 13.6. The highest BCUT2D eigenvalue weighted by molar-refractivity contribution is 6.80. The summed E-state index contributed by atoms with van der Waals surface area (Å²) in [5.41, 5.74) is 18.8. The van der Waals surface area contributed by atoms with E-state index in [1.165, 1.54) is 12.7 Å². The van der Waals surface area contributed by atoms with Gasteiger partial charge in [0.15, 0.2) is 0 Å². The Morgan fingerprint density at radius 1 is 0.397 bits per heavy atom. The Morgan fingerprint density at radius 2 is 0.756 bits per heavy atom. The van der Waals surface area contributed by atoms with Gasteiger partial charge in [-0.2, -0.15) is 10.2 Å². The van der Waals surface area contributed by atoms with Gasteiger partial charge in [0.2, 0.25) is 0 Å². The van der Waals surface area contributed by atoms with Crippen LogP contribution in [0.2, 0.25) is 15.1 Å². The molecule has 27 nitrogen and oxygen atoms in total. The maximum Gasteiger partial charge on any atom is 0.391 e. The number of amides is 1. The summed E-state index contributed by atoms with van der Waals surface area (Å²) in [6, 6.07) is 60.8. The van der Waals surface area contributed by atoms with Crippen LogP contribution in [0.15, 0.2) is 194 Å². The minimum absolute atomic E-state index is 0.0179. The van der Waals surface area contributed by atoms with Gasteiger partial charge in [-0.1, -0.05) is 136 Å². The standard InChI is InChI=1S/C32H35ClN4O4.C19H20ClNO5.C16H18ClNO2.C16H20N2O2.C14H19N3.C3H3ClO3/c1-21-5-8-23(9-6-21)37-29(20-28(35-37)32(2,3)4)34-31(39)30(38)25-11-12-27(24-10-7-22(33)19-26(24)25)41-18-15-36-13-16-40-17-14-36;1-24-19(23)18(22)15-4-5-17(14-3-2-13(20)12-16(14)15)26-11-8-21-6-9-25-10-7-21;2*17-14-4-5-15-13(12-14)2-1-3-16(15)20-11-8-18-6-9-19-10-7-18;1-10-5-7-11(8-6-10)17-13(15)9-12(16-17)14(2,3)4;1-7-3(6)2(4)5/h5-12,19-20H,13-18H2,1-4H3,(H,34,39);2-5,12H,6-11H2,1H3;1-5,12H,6-11H2;1-5,12H,6-11,17H2;5-9H,15H2,1-4H3;1H3. The van der Waals surface area contributed by atoms with E-state index in [-0.39, 0.29) is 22.0 Å². The summed E-state index contributed by atoms with van der Waals surface area (Å²) in [7, 11) is 2.27. The minimum Gasteiger partial charge on any atom is -0.492 e. The highest BCUT2D eigenvalue weighted by Crippen LogP contribution is 2.36. The van der Waals surface area contributed by atoms with Gasteiger partial charge in [-0.05, 0) is 180 Å². The van der Waals surface area contributed by atoms with Gasteiger partial charge in [-0.25, -0.2) is 19.0 Å². The summed E-state index contributed by atoms with van der Waals surface area (Å²) in [5, 5.41) is 19.8. The number of hydrogen-bond acceptors (Lipinski definition) is 24. The summed E-state index contributed by atoms with van der Waals surface area (Å²) >= 11 is 23.0. The molecule has 131 heavy (non-hydrogen) atoms. The number of morpholine rings is 4. The Kier molecular flexibility index (Phi) is 37.3. The Hall–Kier alpha value is -11.3. The van der Waals surface area contributed by atoms with Crippen molar-refractivity contribution in [1.29, 1.82) is 0 Å². The fraction of sp³-hybridized carbons (Fsp3) is 0.360. The second-order valence-electron chi connectivity index (χ2n) is 33.4. The summed E-state index contributed by atoms with van der Waals surface area (Å²) in [6.45, 7) is 36.2. The van der Waals surface area contributed by atoms with Crippen molar-refractivity contribution >= 4 is 141 Å². The van der Waals surface area contributed by atoms with Gasteiger partial charge in [0.05, 0.1) is 89.8 Å². The molecule has 0 saturated carbocycles.